The molecule has 0 saturated heterocycles. The molecule has 12 heteroatoms. The number of rotatable bonds is 3. The average molecular weight is 411 g/mol. The average Bonchev–Trinajstić information content (AvgIpc) is 2.77. The Bertz CT molecular complexity index is 736. The van der Waals surface area contributed by atoms with Crippen LogP contribution in [0.3, 0.4) is 0 Å². The predicted molar refractivity (Wildman–Crippen MR) is 77.0 cm³/mol. The van der Waals surface area contributed by atoms with E-state index in [1.165, 1.54) is 0 Å². The van der Waals surface area contributed by atoms with Gasteiger partial charge in [0.1, 0.15) is 5.69 Å². The quantitative estimate of drug-likeness (QED) is 0.471. The maximum Gasteiger partial charge on any atom is 0.446 e. The second kappa shape index (κ2) is 6.57. The number of alkyl halides is 6. The zero-order valence-electron chi connectivity index (χ0n) is 11.5. The van der Waals surface area contributed by atoms with Crippen molar-refractivity contribution < 1.29 is 31.1 Å². The molecule has 0 fully saturated rings. The van der Waals surface area contributed by atoms with E-state index in [-0.39, 0.29) is 11.6 Å². The highest BCUT2D eigenvalue weighted by atomic mass is 35.5. The molecule has 132 valence electrons. The number of hydrogen-bond donors (Lipinski definition) is 0. The third-order valence-corrected chi connectivity index (χ3v) is 3.98. The molecule has 1 aromatic carbocycles. The molecule has 2 aromatic rings. The van der Waals surface area contributed by atoms with Crippen LogP contribution < -0.4 is 4.74 Å². The molecule has 0 saturated carbocycles. The molecule has 0 bridgehead atoms. The summed E-state index contributed by atoms with van der Waals surface area (Å²) in [6, 6.07) is 1.20. The van der Waals surface area contributed by atoms with Gasteiger partial charge >= 0.3 is 11.7 Å². The molecule has 0 spiro atoms. The minimum atomic E-state index is -4.68. The van der Waals surface area contributed by atoms with Crippen molar-refractivity contribution in [2.45, 2.75) is 16.6 Å². The molecule has 1 heterocycles. The maximum atomic E-state index is 12.7. The van der Waals surface area contributed by atoms with E-state index in [0.29, 0.717) is 12.1 Å². The Morgan fingerprint density at radius 3 is 2.04 bits per heavy atom. The lowest BCUT2D eigenvalue weighted by atomic mass is 10.2. The highest BCUT2D eigenvalue weighted by Crippen LogP contribution is 2.44. The van der Waals surface area contributed by atoms with Crippen LogP contribution in [0.1, 0.15) is 5.56 Å². The SMILES string of the molecule is COc1c(SC(F)(F)F)cnn1-c1c(Cl)cc(C(F)(F)F)cc1Cl. The minimum absolute atomic E-state index is 0.225. The summed E-state index contributed by atoms with van der Waals surface area (Å²) >= 11 is 11.1. The highest BCUT2D eigenvalue weighted by molar-refractivity contribution is 8.00. The summed E-state index contributed by atoms with van der Waals surface area (Å²) in [6.07, 6.45) is -3.83. The Labute approximate surface area is 145 Å². The summed E-state index contributed by atoms with van der Waals surface area (Å²) in [7, 11) is 1.08. The second-order valence-electron chi connectivity index (χ2n) is 4.26. The number of nitrogens with zero attached hydrogens (tertiary/aromatic N) is 2. The first-order valence-corrected chi connectivity index (χ1v) is 7.45. The van der Waals surface area contributed by atoms with Crippen LogP contribution in [-0.2, 0) is 6.18 Å². The van der Waals surface area contributed by atoms with Crippen LogP contribution in [0.25, 0.3) is 5.69 Å². The summed E-state index contributed by atoms with van der Waals surface area (Å²) < 4.78 is 81.4. The molecule has 0 N–H and O–H groups in total. The zero-order chi connectivity index (χ0) is 18.3. The molecule has 0 aliphatic carbocycles. The van der Waals surface area contributed by atoms with E-state index in [0.717, 1.165) is 18.0 Å². The van der Waals surface area contributed by atoms with Gasteiger partial charge in [-0.05, 0) is 23.9 Å². The molecular weight excluding hydrogens is 405 g/mol. The minimum Gasteiger partial charge on any atom is -0.480 e. The lowest BCUT2D eigenvalue weighted by molar-refractivity contribution is -0.137. The summed E-state index contributed by atoms with van der Waals surface area (Å²) in [4.78, 5) is -0.392. The van der Waals surface area contributed by atoms with Gasteiger partial charge in [0.25, 0.3) is 0 Å². The van der Waals surface area contributed by atoms with Crippen molar-refractivity contribution in [2.75, 3.05) is 7.11 Å². The van der Waals surface area contributed by atoms with Crippen molar-refractivity contribution in [3.05, 3.63) is 33.9 Å². The van der Waals surface area contributed by atoms with Crippen molar-refractivity contribution in [3.8, 4) is 11.6 Å². The van der Waals surface area contributed by atoms with E-state index in [1.54, 1.807) is 0 Å². The van der Waals surface area contributed by atoms with Crippen molar-refractivity contribution >= 4 is 35.0 Å². The number of thioether (sulfide) groups is 1. The van der Waals surface area contributed by atoms with Crippen LogP contribution in [0.4, 0.5) is 26.3 Å². The van der Waals surface area contributed by atoms with E-state index in [9.17, 15) is 26.3 Å². The number of aromatic nitrogens is 2. The Morgan fingerprint density at radius 2 is 1.62 bits per heavy atom. The zero-order valence-corrected chi connectivity index (χ0v) is 13.8. The lowest BCUT2D eigenvalue weighted by Gasteiger charge is -2.14. The third-order valence-electron chi connectivity index (χ3n) is 2.67. The topological polar surface area (TPSA) is 27.1 Å². The van der Waals surface area contributed by atoms with E-state index < -0.39 is 44.0 Å². The molecule has 2 rings (SSSR count). The number of methoxy groups -OCH3 is 1. The van der Waals surface area contributed by atoms with E-state index in [2.05, 4.69) is 5.10 Å². The van der Waals surface area contributed by atoms with Gasteiger partial charge in [-0.3, -0.25) is 0 Å². The van der Waals surface area contributed by atoms with Gasteiger partial charge in [0.15, 0.2) is 0 Å². The van der Waals surface area contributed by atoms with E-state index in [4.69, 9.17) is 27.9 Å². The van der Waals surface area contributed by atoms with Crippen LogP contribution in [0.5, 0.6) is 5.88 Å². The van der Waals surface area contributed by atoms with E-state index >= 15 is 0 Å². The standard InChI is InChI=1S/C12H6Cl2F6N2OS/c1-23-10-8(24-12(18,19)20)4-21-22(10)9-6(13)2-5(3-7(9)14)11(15,16)17/h2-4H,1H3. The van der Waals surface area contributed by atoms with Crippen LogP contribution in [0.15, 0.2) is 23.2 Å². The van der Waals surface area contributed by atoms with Gasteiger partial charge in [0, 0.05) is 0 Å². The fraction of sp³-hybridized carbons (Fsp3) is 0.250. The molecule has 0 amide bonds. The maximum absolute atomic E-state index is 12.7. The second-order valence-corrected chi connectivity index (χ2v) is 6.19. The van der Waals surface area contributed by atoms with Crippen molar-refractivity contribution in [3.63, 3.8) is 0 Å². The van der Waals surface area contributed by atoms with Crippen LogP contribution in [0.2, 0.25) is 10.0 Å². The molecule has 0 aliphatic rings. The van der Waals surface area contributed by atoms with Gasteiger partial charge in [-0.1, -0.05) is 23.2 Å². The predicted octanol–water partition coefficient (Wildman–Crippen LogP) is 5.82. The smallest absolute Gasteiger partial charge is 0.446 e. The molecule has 24 heavy (non-hydrogen) atoms. The van der Waals surface area contributed by atoms with Gasteiger partial charge in [-0.2, -0.15) is 36.1 Å². The van der Waals surface area contributed by atoms with Crippen molar-refractivity contribution in [1.29, 1.82) is 0 Å². The molecule has 0 atom stereocenters. The van der Waals surface area contributed by atoms with Crippen molar-refractivity contribution in [2.24, 2.45) is 0 Å². The largest absolute Gasteiger partial charge is 0.480 e. The lowest BCUT2D eigenvalue weighted by Crippen LogP contribution is -2.08. The number of ether oxygens (including phenoxy) is 1. The van der Waals surface area contributed by atoms with Crippen LogP contribution in [0, 0.1) is 0 Å². The summed E-state index contributed by atoms with van der Waals surface area (Å²) in [6.45, 7) is 0. The molecule has 0 radical (unpaired) electrons. The molecule has 3 nitrogen and oxygen atoms in total. The monoisotopic (exact) mass is 410 g/mol. The fourth-order valence-corrected chi connectivity index (χ4v) is 3.05. The first-order chi connectivity index (χ1) is 10.9. The number of benzene rings is 1. The van der Waals surface area contributed by atoms with Crippen LogP contribution >= 0.6 is 35.0 Å². The Balaban J connectivity index is 2.57. The Kier molecular flexibility index (Phi) is 5.22. The normalized spacial score (nSPS) is 12.5. The van der Waals surface area contributed by atoms with Crippen LogP contribution in [-0.4, -0.2) is 22.4 Å². The van der Waals surface area contributed by atoms with E-state index in [1.807, 2.05) is 0 Å². The summed E-state index contributed by atoms with van der Waals surface area (Å²) in [5.74, 6) is -0.360. The number of halogens is 8. The number of hydrogen-bond acceptors (Lipinski definition) is 3. The Hall–Kier alpha value is -1.26. The van der Waals surface area contributed by atoms with Crippen molar-refractivity contribution in [1.82, 2.24) is 9.78 Å². The third kappa shape index (κ3) is 4.04. The first kappa shape index (κ1) is 19.1. The highest BCUT2D eigenvalue weighted by Gasteiger charge is 2.35. The molecule has 0 unspecified atom stereocenters. The fourth-order valence-electron chi connectivity index (χ4n) is 1.79. The molecule has 1 aromatic heterocycles. The summed E-state index contributed by atoms with van der Waals surface area (Å²) in [5.41, 5.74) is -5.93. The Morgan fingerprint density at radius 1 is 1.08 bits per heavy atom. The molecular formula is C12H6Cl2F6N2OS. The van der Waals surface area contributed by atoms with Gasteiger partial charge in [0.2, 0.25) is 5.88 Å². The van der Waals surface area contributed by atoms with Gasteiger partial charge < -0.3 is 4.74 Å². The van der Waals surface area contributed by atoms with Gasteiger partial charge in [-0.25, -0.2) is 0 Å². The van der Waals surface area contributed by atoms with Gasteiger partial charge in [-0.15, -0.1) is 0 Å². The molecule has 0 aliphatic heterocycles. The first-order valence-electron chi connectivity index (χ1n) is 5.88. The summed E-state index contributed by atoms with van der Waals surface area (Å²) in [5, 5.41) is 2.79. The van der Waals surface area contributed by atoms with Gasteiger partial charge in [0.05, 0.1) is 33.8 Å².